The lowest BCUT2D eigenvalue weighted by Crippen LogP contribution is -2.41. The molecule has 5 nitrogen and oxygen atoms in total. The summed E-state index contributed by atoms with van der Waals surface area (Å²) < 4.78 is 0. The summed E-state index contributed by atoms with van der Waals surface area (Å²) in [5.41, 5.74) is 0.323. The number of halogens is 2. The minimum absolute atomic E-state index is 0.00428. The summed E-state index contributed by atoms with van der Waals surface area (Å²) in [7, 11) is 0. The van der Waals surface area contributed by atoms with Gasteiger partial charge in [0.15, 0.2) is 0 Å². The summed E-state index contributed by atoms with van der Waals surface area (Å²) in [6.45, 7) is 0.293. The van der Waals surface area contributed by atoms with Crippen molar-refractivity contribution < 1.29 is 14.7 Å². The standard InChI is InChI=1S/C15H18Cl2N2O3/c16-10-5-6-12(11(17)7-10)19-15(22)14(21)18-8-9-3-1-2-4-13(9)20/h5-7,9,13,20H,1-4,8H2,(H,18,21)(H,19,22)/t9-,13+/m0/s1. The third kappa shape index (κ3) is 4.60. The molecule has 0 spiro atoms. The molecule has 0 aromatic heterocycles. The lowest BCUT2D eigenvalue weighted by atomic mass is 9.86. The predicted molar refractivity (Wildman–Crippen MR) is 86.1 cm³/mol. The molecule has 0 heterocycles. The lowest BCUT2D eigenvalue weighted by Gasteiger charge is -2.27. The molecule has 7 heteroatoms. The highest BCUT2D eigenvalue weighted by Crippen LogP contribution is 2.25. The number of amides is 2. The number of carbonyl (C=O) groups excluding carboxylic acids is 2. The third-order valence-corrected chi connectivity index (χ3v) is 4.33. The highest BCUT2D eigenvalue weighted by atomic mass is 35.5. The summed E-state index contributed by atoms with van der Waals surface area (Å²) in [6.07, 6.45) is 3.22. The van der Waals surface area contributed by atoms with Crippen LogP contribution in [0.5, 0.6) is 0 Å². The highest BCUT2D eigenvalue weighted by Gasteiger charge is 2.24. The molecule has 2 rings (SSSR count). The van der Waals surface area contributed by atoms with Crippen molar-refractivity contribution in [2.45, 2.75) is 31.8 Å². The fourth-order valence-corrected chi connectivity index (χ4v) is 2.96. The molecule has 1 aliphatic carbocycles. The Balaban J connectivity index is 1.85. The van der Waals surface area contributed by atoms with Gasteiger partial charge in [-0.3, -0.25) is 9.59 Å². The Bertz CT molecular complexity index is 566. The van der Waals surface area contributed by atoms with Gasteiger partial charge < -0.3 is 15.7 Å². The maximum absolute atomic E-state index is 11.8. The zero-order valence-electron chi connectivity index (χ0n) is 11.9. The number of nitrogens with one attached hydrogen (secondary N) is 2. The van der Waals surface area contributed by atoms with Gasteiger partial charge >= 0.3 is 11.8 Å². The smallest absolute Gasteiger partial charge is 0.313 e. The van der Waals surface area contributed by atoms with Gasteiger partial charge in [0.1, 0.15) is 0 Å². The first-order chi connectivity index (χ1) is 10.5. The van der Waals surface area contributed by atoms with E-state index < -0.39 is 17.9 Å². The summed E-state index contributed by atoms with van der Waals surface area (Å²) in [4.78, 5) is 23.6. The average molecular weight is 345 g/mol. The maximum Gasteiger partial charge on any atom is 0.313 e. The molecule has 0 saturated heterocycles. The van der Waals surface area contributed by atoms with Gasteiger partial charge in [-0.1, -0.05) is 36.0 Å². The van der Waals surface area contributed by atoms with Crippen molar-refractivity contribution in [2.24, 2.45) is 5.92 Å². The minimum Gasteiger partial charge on any atom is -0.393 e. The fraction of sp³-hybridized carbons (Fsp3) is 0.467. The van der Waals surface area contributed by atoms with E-state index in [0.717, 1.165) is 25.7 Å². The molecular formula is C15H18Cl2N2O3. The first kappa shape index (κ1) is 17.1. The Kier molecular flexibility index (Phi) is 6.06. The van der Waals surface area contributed by atoms with Crippen molar-refractivity contribution in [1.29, 1.82) is 0 Å². The molecule has 0 bridgehead atoms. The summed E-state index contributed by atoms with van der Waals surface area (Å²) in [6, 6.07) is 4.58. The van der Waals surface area contributed by atoms with Crippen LogP contribution in [-0.2, 0) is 9.59 Å². The van der Waals surface area contributed by atoms with E-state index in [1.807, 2.05) is 0 Å². The molecule has 1 aromatic rings. The fourth-order valence-electron chi connectivity index (χ4n) is 2.50. The second-order valence-electron chi connectivity index (χ2n) is 5.40. The van der Waals surface area contributed by atoms with Crippen LogP contribution in [-0.4, -0.2) is 29.6 Å². The van der Waals surface area contributed by atoms with E-state index in [1.165, 1.54) is 12.1 Å². The predicted octanol–water partition coefficient (Wildman–Crippen LogP) is 2.60. The monoisotopic (exact) mass is 344 g/mol. The van der Waals surface area contributed by atoms with Crippen LogP contribution in [0, 0.1) is 5.92 Å². The number of aliphatic hydroxyl groups is 1. The van der Waals surface area contributed by atoms with Crippen LogP contribution in [0.1, 0.15) is 25.7 Å². The number of hydrogen-bond donors (Lipinski definition) is 3. The first-order valence-corrected chi connectivity index (χ1v) is 7.95. The van der Waals surface area contributed by atoms with E-state index in [1.54, 1.807) is 6.07 Å². The molecule has 2 atom stereocenters. The van der Waals surface area contributed by atoms with Crippen LogP contribution < -0.4 is 10.6 Å². The van der Waals surface area contributed by atoms with E-state index in [9.17, 15) is 14.7 Å². The minimum atomic E-state index is -0.797. The molecule has 22 heavy (non-hydrogen) atoms. The quantitative estimate of drug-likeness (QED) is 0.737. The topological polar surface area (TPSA) is 78.4 Å². The number of benzene rings is 1. The van der Waals surface area contributed by atoms with Gasteiger partial charge in [0.2, 0.25) is 0 Å². The molecule has 0 aliphatic heterocycles. The number of carbonyl (C=O) groups is 2. The molecule has 1 aliphatic rings. The normalized spacial score (nSPS) is 21.2. The van der Waals surface area contributed by atoms with Crippen molar-refractivity contribution in [2.75, 3.05) is 11.9 Å². The van der Waals surface area contributed by atoms with Gasteiger partial charge in [-0.05, 0) is 31.0 Å². The lowest BCUT2D eigenvalue weighted by molar-refractivity contribution is -0.136. The van der Waals surface area contributed by atoms with Crippen LogP contribution in [0.25, 0.3) is 0 Å². The van der Waals surface area contributed by atoms with Gasteiger partial charge in [0, 0.05) is 17.5 Å². The third-order valence-electron chi connectivity index (χ3n) is 3.78. The molecule has 2 amide bonds. The van der Waals surface area contributed by atoms with Crippen molar-refractivity contribution >= 4 is 40.7 Å². The number of rotatable bonds is 3. The van der Waals surface area contributed by atoms with E-state index in [-0.39, 0.29) is 10.9 Å². The van der Waals surface area contributed by atoms with Crippen molar-refractivity contribution in [3.8, 4) is 0 Å². The molecule has 1 fully saturated rings. The Morgan fingerprint density at radius 3 is 2.59 bits per heavy atom. The van der Waals surface area contributed by atoms with Crippen LogP contribution in [0.4, 0.5) is 5.69 Å². The van der Waals surface area contributed by atoms with Crippen LogP contribution in [0.3, 0.4) is 0 Å². The van der Waals surface area contributed by atoms with Gasteiger partial charge in [-0.25, -0.2) is 0 Å². The van der Waals surface area contributed by atoms with E-state index >= 15 is 0 Å². The van der Waals surface area contributed by atoms with E-state index in [2.05, 4.69) is 10.6 Å². The Hall–Kier alpha value is -1.30. The molecule has 1 saturated carbocycles. The second kappa shape index (κ2) is 7.81. The number of anilines is 1. The molecule has 0 unspecified atom stereocenters. The summed E-state index contributed by atoms with van der Waals surface area (Å²) in [5.74, 6) is -1.54. The van der Waals surface area contributed by atoms with Gasteiger partial charge in [0.05, 0.1) is 16.8 Å². The SMILES string of the molecule is O=C(NC[C@@H]1CCCC[C@H]1O)C(=O)Nc1ccc(Cl)cc1Cl. The zero-order valence-corrected chi connectivity index (χ0v) is 13.5. The average Bonchev–Trinajstić information content (AvgIpc) is 2.49. The zero-order chi connectivity index (χ0) is 16.1. The highest BCUT2D eigenvalue weighted by molar-refractivity contribution is 6.42. The molecule has 1 aromatic carbocycles. The van der Waals surface area contributed by atoms with Crippen molar-refractivity contribution in [3.63, 3.8) is 0 Å². The Morgan fingerprint density at radius 2 is 1.91 bits per heavy atom. The van der Waals surface area contributed by atoms with Crippen LogP contribution >= 0.6 is 23.2 Å². The summed E-state index contributed by atoms with van der Waals surface area (Å²) in [5, 5.41) is 15.5. The molecular weight excluding hydrogens is 327 g/mol. The van der Waals surface area contributed by atoms with E-state index in [0.29, 0.717) is 17.3 Å². The van der Waals surface area contributed by atoms with Crippen LogP contribution in [0.2, 0.25) is 10.0 Å². The number of hydrogen-bond acceptors (Lipinski definition) is 3. The van der Waals surface area contributed by atoms with Crippen molar-refractivity contribution in [1.82, 2.24) is 5.32 Å². The van der Waals surface area contributed by atoms with Gasteiger partial charge in [-0.15, -0.1) is 0 Å². The largest absolute Gasteiger partial charge is 0.393 e. The summed E-state index contributed by atoms with van der Waals surface area (Å²) >= 11 is 11.7. The molecule has 0 radical (unpaired) electrons. The number of aliphatic hydroxyl groups excluding tert-OH is 1. The van der Waals surface area contributed by atoms with E-state index in [4.69, 9.17) is 23.2 Å². The molecule has 120 valence electrons. The van der Waals surface area contributed by atoms with Crippen LogP contribution in [0.15, 0.2) is 18.2 Å². The Labute approximate surface area is 139 Å². The molecule has 3 N–H and O–H groups in total. The second-order valence-corrected chi connectivity index (χ2v) is 6.24. The maximum atomic E-state index is 11.8. The van der Waals surface area contributed by atoms with Crippen molar-refractivity contribution in [3.05, 3.63) is 28.2 Å². The first-order valence-electron chi connectivity index (χ1n) is 7.19. The van der Waals surface area contributed by atoms with Gasteiger partial charge in [0.25, 0.3) is 0 Å². The Morgan fingerprint density at radius 1 is 1.18 bits per heavy atom. The van der Waals surface area contributed by atoms with Gasteiger partial charge in [-0.2, -0.15) is 0 Å².